The van der Waals surface area contributed by atoms with Crippen LogP contribution in [0.3, 0.4) is 0 Å². The van der Waals surface area contributed by atoms with Crippen LogP contribution in [-0.2, 0) is 0 Å². The topological polar surface area (TPSA) is 51.0 Å². The van der Waals surface area contributed by atoms with E-state index in [1.165, 1.54) is 0 Å². The Bertz CT molecular complexity index is 1130. The van der Waals surface area contributed by atoms with Crippen LogP contribution in [-0.4, -0.2) is 38.9 Å². The van der Waals surface area contributed by atoms with Crippen molar-refractivity contribution in [1.29, 1.82) is 0 Å². The summed E-state index contributed by atoms with van der Waals surface area (Å²) in [5, 5.41) is 10.8. The lowest BCUT2D eigenvalue weighted by molar-refractivity contribution is 0.0691. The molecule has 1 amide bonds. The second kappa shape index (κ2) is 6.50. The van der Waals surface area contributed by atoms with E-state index in [0.717, 1.165) is 47.7 Å². The lowest BCUT2D eigenvalue weighted by Crippen LogP contribution is -2.39. The number of carbonyl (C=O) groups is 1. The molecule has 3 aromatic carbocycles. The molecule has 5 rings (SSSR count). The van der Waals surface area contributed by atoms with Gasteiger partial charge in [-0.3, -0.25) is 4.79 Å². The number of hydrogen-bond donors (Lipinski definition) is 0. The van der Waals surface area contributed by atoms with Crippen LogP contribution in [0.2, 0.25) is 0 Å². The Morgan fingerprint density at radius 1 is 1.00 bits per heavy atom. The van der Waals surface area contributed by atoms with Crippen LogP contribution < -0.4 is 0 Å². The third kappa shape index (κ3) is 2.85. The van der Waals surface area contributed by atoms with Crippen molar-refractivity contribution < 1.29 is 4.79 Å². The van der Waals surface area contributed by atoms with Gasteiger partial charge < -0.3 is 4.90 Å². The van der Waals surface area contributed by atoms with Crippen LogP contribution in [0.1, 0.15) is 29.2 Å². The summed E-state index contributed by atoms with van der Waals surface area (Å²) < 4.78 is 2.01. The molecule has 0 atom stereocenters. The minimum atomic E-state index is 0.0580. The molecule has 0 unspecified atom stereocenters. The van der Waals surface area contributed by atoms with E-state index in [-0.39, 0.29) is 11.9 Å². The predicted molar refractivity (Wildman–Crippen MR) is 104 cm³/mol. The monoisotopic (exact) mass is 355 g/mol. The molecule has 0 bridgehead atoms. The third-order valence-electron chi connectivity index (χ3n) is 5.38. The second-order valence-electron chi connectivity index (χ2n) is 7.02. The first kappa shape index (κ1) is 16.0. The van der Waals surface area contributed by atoms with Gasteiger partial charge in [0.1, 0.15) is 5.52 Å². The van der Waals surface area contributed by atoms with Gasteiger partial charge in [-0.1, -0.05) is 41.6 Å². The van der Waals surface area contributed by atoms with Crippen molar-refractivity contribution in [3.63, 3.8) is 0 Å². The van der Waals surface area contributed by atoms with Crippen molar-refractivity contribution in [2.45, 2.75) is 18.9 Å². The van der Waals surface area contributed by atoms with Crippen molar-refractivity contribution in [2.24, 2.45) is 0 Å². The normalized spacial score (nSPS) is 15.5. The van der Waals surface area contributed by atoms with E-state index >= 15 is 0 Å². The predicted octanol–water partition coefficient (Wildman–Crippen LogP) is 3.86. The highest BCUT2D eigenvalue weighted by Gasteiger charge is 2.26. The molecule has 1 aliphatic heterocycles. The van der Waals surface area contributed by atoms with E-state index < -0.39 is 0 Å². The average Bonchev–Trinajstić information content (AvgIpc) is 3.17. The van der Waals surface area contributed by atoms with Crippen LogP contribution in [0.5, 0.6) is 0 Å². The summed E-state index contributed by atoms with van der Waals surface area (Å²) in [6.45, 7) is 1.44. The van der Waals surface area contributed by atoms with Gasteiger partial charge in [-0.2, -0.15) is 0 Å². The highest BCUT2D eigenvalue weighted by Crippen LogP contribution is 2.26. The maximum Gasteiger partial charge on any atom is 0.254 e. The molecule has 133 valence electrons. The number of para-hydroxylation sites is 1. The van der Waals surface area contributed by atoms with Crippen molar-refractivity contribution in [2.75, 3.05) is 13.1 Å². The number of hydrogen-bond acceptors (Lipinski definition) is 3. The number of aromatic nitrogens is 3. The highest BCUT2D eigenvalue weighted by atomic mass is 16.2. The Labute approximate surface area is 157 Å². The van der Waals surface area contributed by atoms with Crippen LogP contribution >= 0.6 is 0 Å². The molecule has 1 aliphatic rings. The Kier molecular flexibility index (Phi) is 3.85. The Hall–Kier alpha value is -3.21. The molecular formula is C22H19N4O. The van der Waals surface area contributed by atoms with Crippen molar-refractivity contribution in [3.8, 4) is 0 Å². The number of piperidine rings is 1. The molecule has 27 heavy (non-hydrogen) atoms. The van der Waals surface area contributed by atoms with Crippen LogP contribution in [0.4, 0.5) is 0 Å². The number of amides is 1. The number of rotatable bonds is 2. The van der Waals surface area contributed by atoms with Gasteiger partial charge in [0.15, 0.2) is 0 Å². The second-order valence-corrected chi connectivity index (χ2v) is 7.02. The van der Waals surface area contributed by atoms with E-state index in [1.807, 2.05) is 64.2 Å². The Morgan fingerprint density at radius 2 is 1.74 bits per heavy atom. The van der Waals surface area contributed by atoms with Gasteiger partial charge in [0.05, 0.1) is 11.6 Å². The van der Waals surface area contributed by atoms with Crippen LogP contribution in [0.25, 0.3) is 21.8 Å². The van der Waals surface area contributed by atoms with Gasteiger partial charge >= 0.3 is 0 Å². The summed E-state index contributed by atoms with van der Waals surface area (Å²) in [6, 6.07) is 23.3. The first-order valence-electron chi connectivity index (χ1n) is 9.29. The minimum absolute atomic E-state index is 0.0580. The fourth-order valence-electron chi connectivity index (χ4n) is 3.89. The van der Waals surface area contributed by atoms with Crippen molar-refractivity contribution in [1.82, 2.24) is 19.9 Å². The zero-order valence-electron chi connectivity index (χ0n) is 14.9. The van der Waals surface area contributed by atoms with E-state index in [4.69, 9.17) is 0 Å². The van der Waals surface area contributed by atoms with Gasteiger partial charge in [0, 0.05) is 18.7 Å². The minimum Gasteiger partial charge on any atom is -0.338 e. The lowest BCUT2D eigenvalue weighted by Gasteiger charge is -2.32. The molecule has 0 saturated carbocycles. The Balaban J connectivity index is 1.32. The highest BCUT2D eigenvalue weighted by molar-refractivity contribution is 5.98. The average molecular weight is 355 g/mol. The molecule has 1 saturated heterocycles. The molecule has 0 spiro atoms. The molecular weight excluding hydrogens is 336 g/mol. The maximum atomic E-state index is 12.9. The molecule has 0 N–H and O–H groups in total. The number of carbonyl (C=O) groups excluding carboxylic acids is 1. The smallest absolute Gasteiger partial charge is 0.254 e. The van der Waals surface area contributed by atoms with Crippen LogP contribution in [0, 0.1) is 6.07 Å². The summed E-state index contributed by atoms with van der Waals surface area (Å²) in [5.74, 6) is 0.0580. The molecule has 4 aromatic rings. The molecule has 5 nitrogen and oxygen atoms in total. The fourth-order valence-corrected chi connectivity index (χ4v) is 3.89. The van der Waals surface area contributed by atoms with E-state index in [1.54, 1.807) is 0 Å². The first-order chi connectivity index (χ1) is 13.3. The number of likely N-dealkylation sites (tertiary alicyclic amines) is 1. The summed E-state index contributed by atoms with van der Waals surface area (Å²) in [4.78, 5) is 14.8. The van der Waals surface area contributed by atoms with E-state index in [9.17, 15) is 4.79 Å². The first-order valence-corrected chi connectivity index (χ1v) is 9.29. The van der Waals surface area contributed by atoms with Gasteiger partial charge in [-0.25, -0.2) is 4.68 Å². The summed E-state index contributed by atoms with van der Waals surface area (Å²) in [7, 11) is 0. The third-order valence-corrected chi connectivity index (χ3v) is 5.38. The summed E-state index contributed by atoms with van der Waals surface area (Å²) in [5.41, 5.74) is 2.62. The van der Waals surface area contributed by atoms with Gasteiger partial charge in [-0.15, -0.1) is 5.10 Å². The zero-order chi connectivity index (χ0) is 18.2. The standard InChI is InChI=1S/C22H19N4O/c27-22(18-10-9-16-5-1-2-6-17(16)15-18)25-13-11-19(12-14-25)26-21-8-4-3-7-20(21)23-24-26/h1-9,15,19H,11-14H2. The Morgan fingerprint density at radius 3 is 2.59 bits per heavy atom. The van der Waals surface area contributed by atoms with Crippen molar-refractivity contribution >= 4 is 27.7 Å². The molecule has 1 fully saturated rings. The SMILES string of the molecule is O=C(c1[c]cc2ccccc2c1)N1CCC(n2nnc3ccccc32)CC1. The molecule has 2 heterocycles. The largest absolute Gasteiger partial charge is 0.338 e. The van der Waals surface area contributed by atoms with E-state index in [2.05, 4.69) is 22.4 Å². The molecule has 0 aliphatic carbocycles. The molecule has 5 heteroatoms. The number of fused-ring (bicyclic) bond motifs is 2. The zero-order valence-corrected chi connectivity index (χ0v) is 14.9. The van der Waals surface area contributed by atoms with Gasteiger partial charge in [0.2, 0.25) is 0 Å². The fraction of sp³-hybridized carbons (Fsp3) is 0.227. The number of nitrogens with zero attached hydrogens (tertiary/aromatic N) is 4. The maximum absolute atomic E-state index is 12.9. The van der Waals surface area contributed by atoms with Crippen LogP contribution in [0.15, 0.2) is 60.7 Å². The van der Waals surface area contributed by atoms with Gasteiger partial charge in [-0.05, 0) is 53.9 Å². The number of benzene rings is 3. The summed E-state index contributed by atoms with van der Waals surface area (Å²) in [6.07, 6.45) is 1.76. The molecule has 1 aromatic heterocycles. The van der Waals surface area contributed by atoms with Gasteiger partial charge in [0.25, 0.3) is 5.91 Å². The van der Waals surface area contributed by atoms with E-state index in [0.29, 0.717) is 5.56 Å². The summed E-state index contributed by atoms with van der Waals surface area (Å²) >= 11 is 0. The quantitative estimate of drug-likeness (QED) is 0.549. The molecule has 1 radical (unpaired) electrons. The van der Waals surface area contributed by atoms with Crippen molar-refractivity contribution in [3.05, 3.63) is 72.3 Å². The lowest BCUT2D eigenvalue weighted by atomic mass is 10.0.